The SMILES string of the molecule is Nc1ncccc1NCc1cc(NC(=O)c2ccc(Br)o2)ccn1. The zero-order chi connectivity index (χ0) is 16.9. The van der Waals surface area contributed by atoms with Crippen molar-refractivity contribution < 1.29 is 9.21 Å². The van der Waals surface area contributed by atoms with E-state index in [4.69, 9.17) is 10.2 Å². The number of halogens is 1. The van der Waals surface area contributed by atoms with Crippen molar-refractivity contribution in [2.45, 2.75) is 6.54 Å². The number of nitrogens with zero attached hydrogens (tertiary/aromatic N) is 2. The van der Waals surface area contributed by atoms with E-state index in [1.807, 2.05) is 6.07 Å². The van der Waals surface area contributed by atoms with Crippen LogP contribution in [-0.4, -0.2) is 15.9 Å². The molecule has 3 aromatic heterocycles. The van der Waals surface area contributed by atoms with Crippen LogP contribution in [0.1, 0.15) is 16.2 Å². The number of furan rings is 1. The summed E-state index contributed by atoms with van der Waals surface area (Å²) in [4.78, 5) is 20.3. The molecule has 4 N–H and O–H groups in total. The molecule has 8 heteroatoms. The predicted octanol–water partition coefficient (Wildman–Crippen LogP) is 3.28. The fraction of sp³-hybridized carbons (Fsp3) is 0.0625. The summed E-state index contributed by atoms with van der Waals surface area (Å²) in [6, 6.07) is 10.4. The van der Waals surface area contributed by atoms with Crippen molar-refractivity contribution in [3.63, 3.8) is 0 Å². The molecule has 0 bridgehead atoms. The quantitative estimate of drug-likeness (QED) is 0.620. The molecule has 0 spiro atoms. The molecule has 3 rings (SSSR count). The highest BCUT2D eigenvalue weighted by molar-refractivity contribution is 9.10. The van der Waals surface area contributed by atoms with Crippen molar-refractivity contribution in [1.82, 2.24) is 9.97 Å². The molecule has 0 aliphatic carbocycles. The molecule has 0 aliphatic heterocycles. The number of hydrogen-bond donors (Lipinski definition) is 3. The van der Waals surface area contributed by atoms with Gasteiger partial charge in [0.1, 0.15) is 5.82 Å². The van der Waals surface area contributed by atoms with E-state index >= 15 is 0 Å². The molecule has 0 unspecified atom stereocenters. The van der Waals surface area contributed by atoms with E-state index < -0.39 is 0 Å². The van der Waals surface area contributed by atoms with Crippen molar-refractivity contribution in [3.05, 3.63) is 64.9 Å². The number of carbonyl (C=O) groups excluding carboxylic acids is 1. The number of rotatable bonds is 5. The molecule has 7 nitrogen and oxygen atoms in total. The third-order valence-electron chi connectivity index (χ3n) is 3.17. The van der Waals surface area contributed by atoms with Gasteiger partial charge in [0, 0.05) is 18.1 Å². The molecular formula is C16H14BrN5O2. The van der Waals surface area contributed by atoms with Crippen molar-refractivity contribution in [2.75, 3.05) is 16.4 Å². The van der Waals surface area contributed by atoms with Crippen LogP contribution >= 0.6 is 15.9 Å². The van der Waals surface area contributed by atoms with Gasteiger partial charge in [-0.05, 0) is 52.3 Å². The Labute approximate surface area is 146 Å². The molecule has 1 amide bonds. The Morgan fingerprint density at radius 2 is 2.08 bits per heavy atom. The molecule has 122 valence electrons. The van der Waals surface area contributed by atoms with Crippen LogP contribution in [0, 0.1) is 0 Å². The average Bonchev–Trinajstić information content (AvgIpc) is 3.01. The van der Waals surface area contributed by atoms with E-state index in [1.54, 1.807) is 42.7 Å². The van der Waals surface area contributed by atoms with Gasteiger partial charge in [-0.25, -0.2) is 4.98 Å². The average molecular weight is 388 g/mol. The summed E-state index contributed by atoms with van der Waals surface area (Å²) in [7, 11) is 0. The summed E-state index contributed by atoms with van der Waals surface area (Å²) < 4.78 is 5.72. The first-order valence-electron chi connectivity index (χ1n) is 7.08. The maximum absolute atomic E-state index is 12.1. The Balaban J connectivity index is 1.66. The molecule has 0 aromatic carbocycles. The minimum absolute atomic E-state index is 0.224. The number of pyridine rings is 2. The zero-order valence-corrected chi connectivity index (χ0v) is 14.1. The van der Waals surface area contributed by atoms with Gasteiger partial charge in [0.25, 0.3) is 5.91 Å². The monoisotopic (exact) mass is 387 g/mol. The number of nitrogens with two attached hydrogens (primary N) is 1. The summed E-state index contributed by atoms with van der Waals surface area (Å²) in [5.74, 6) is 0.314. The third kappa shape index (κ3) is 3.90. The van der Waals surface area contributed by atoms with Crippen molar-refractivity contribution >= 4 is 39.0 Å². The molecule has 0 saturated carbocycles. The number of aromatic nitrogens is 2. The van der Waals surface area contributed by atoms with Crippen molar-refractivity contribution in [2.24, 2.45) is 0 Å². The van der Waals surface area contributed by atoms with Crippen LogP contribution in [-0.2, 0) is 6.54 Å². The van der Waals surface area contributed by atoms with Crippen LogP contribution in [0.4, 0.5) is 17.2 Å². The van der Waals surface area contributed by atoms with Gasteiger partial charge >= 0.3 is 0 Å². The zero-order valence-electron chi connectivity index (χ0n) is 12.5. The molecule has 0 atom stereocenters. The second-order valence-electron chi connectivity index (χ2n) is 4.88. The lowest BCUT2D eigenvalue weighted by Gasteiger charge is -2.09. The highest BCUT2D eigenvalue weighted by Gasteiger charge is 2.11. The van der Waals surface area contributed by atoms with E-state index in [2.05, 4.69) is 36.5 Å². The molecule has 0 radical (unpaired) electrons. The maximum Gasteiger partial charge on any atom is 0.291 e. The minimum Gasteiger partial charge on any atom is -0.444 e. The van der Waals surface area contributed by atoms with E-state index in [1.165, 1.54) is 0 Å². The first kappa shape index (κ1) is 16.0. The van der Waals surface area contributed by atoms with Gasteiger partial charge in [0.05, 0.1) is 17.9 Å². The highest BCUT2D eigenvalue weighted by Crippen LogP contribution is 2.18. The standard InChI is InChI=1S/C16H14BrN5O2/c17-14-4-3-13(24-14)16(23)22-10-5-7-19-11(8-10)9-21-12-2-1-6-20-15(12)18/h1-8,21H,9H2,(H2,18,20)(H,19,22,23). The number of nitrogen functional groups attached to an aromatic ring is 1. The Hall–Kier alpha value is -2.87. The predicted molar refractivity (Wildman–Crippen MR) is 94.6 cm³/mol. The van der Waals surface area contributed by atoms with Crippen molar-refractivity contribution in [3.8, 4) is 0 Å². The first-order valence-corrected chi connectivity index (χ1v) is 7.87. The van der Waals surface area contributed by atoms with Gasteiger partial charge in [-0.3, -0.25) is 9.78 Å². The Morgan fingerprint density at radius 1 is 1.21 bits per heavy atom. The summed E-state index contributed by atoms with van der Waals surface area (Å²) in [6.07, 6.45) is 3.25. The van der Waals surface area contributed by atoms with E-state index in [9.17, 15) is 4.79 Å². The number of hydrogen-bond acceptors (Lipinski definition) is 6. The fourth-order valence-electron chi connectivity index (χ4n) is 2.03. The van der Waals surface area contributed by atoms with Gasteiger partial charge in [0.2, 0.25) is 0 Å². The lowest BCUT2D eigenvalue weighted by molar-refractivity contribution is 0.0995. The van der Waals surface area contributed by atoms with E-state index in [0.29, 0.717) is 22.7 Å². The molecule has 0 aliphatic rings. The second kappa shape index (κ2) is 7.14. The third-order valence-corrected chi connectivity index (χ3v) is 3.60. The largest absolute Gasteiger partial charge is 0.444 e. The topological polar surface area (TPSA) is 106 Å². The summed E-state index contributed by atoms with van der Waals surface area (Å²) in [5.41, 5.74) is 7.88. The van der Waals surface area contributed by atoms with Crippen molar-refractivity contribution in [1.29, 1.82) is 0 Å². The van der Waals surface area contributed by atoms with Gasteiger partial charge in [-0.15, -0.1) is 0 Å². The molecular weight excluding hydrogens is 374 g/mol. The molecule has 3 heterocycles. The Kier molecular flexibility index (Phi) is 4.76. The van der Waals surface area contributed by atoms with Crippen LogP contribution < -0.4 is 16.4 Å². The molecule has 0 saturated heterocycles. The van der Waals surface area contributed by atoms with Gasteiger partial charge in [-0.1, -0.05) is 0 Å². The van der Waals surface area contributed by atoms with Gasteiger partial charge in [0.15, 0.2) is 10.4 Å². The normalized spacial score (nSPS) is 10.4. The number of carbonyl (C=O) groups is 1. The second-order valence-corrected chi connectivity index (χ2v) is 5.67. The first-order chi connectivity index (χ1) is 11.6. The maximum atomic E-state index is 12.1. The number of nitrogens with one attached hydrogen (secondary N) is 2. The Morgan fingerprint density at radius 3 is 2.83 bits per heavy atom. The Bertz CT molecular complexity index is 865. The summed E-state index contributed by atoms with van der Waals surface area (Å²) in [6.45, 7) is 0.450. The minimum atomic E-state index is -0.331. The van der Waals surface area contributed by atoms with E-state index in [0.717, 1.165) is 11.4 Å². The lowest BCUT2D eigenvalue weighted by Crippen LogP contribution is -2.12. The van der Waals surface area contributed by atoms with Crippen LogP contribution in [0.3, 0.4) is 0 Å². The summed E-state index contributed by atoms with van der Waals surface area (Å²) >= 11 is 3.17. The fourth-order valence-corrected chi connectivity index (χ4v) is 2.34. The molecule has 3 aromatic rings. The van der Waals surface area contributed by atoms with Crippen LogP contribution in [0.5, 0.6) is 0 Å². The van der Waals surface area contributed by atoms with E-state index in [-0.39, 0.29) is 11.7 Å². The van der Waals surface area contributed by atoms with Gasteiger partial charge in [-0.2, -0.15) is 0 Å². The van der Waals surface area contributed by atoms with Crippen LogP contribution in [0.2, 0.25) is 0 Å². The van der Waals surface area contributed by atoms with Gasteiger partial charge < -0.3 is 20.8 Å². The van der Waals surface area contributed by atoms with Crippen LogP contribution in [0.15, 0.2) is 57.9 Å². The number of anilines is 3. The van der Waals surface area contributed by atoms with Crippen LogP contribution in [0.25, 0.3) is 0 Å². The number of amides is 1. The molecule has 24 heavy (non-hydrogen) atoms. The summed E-state index contributed by atoms with van der Waals surface area (Å²) in [5, 5.41) is 5.92. The smallest absolute Gasteiger partial charge is 0.291 e. The molecule has 0 fully saturated rings. The highest BCUT2D eigenvalue weighted by atomic mass is 79.9. The lowest BCUT2D eigenvalue weighted by atomic mass is 10.3.